The summed E-state index contributed by atoms with van der Waals surface area (Å²) < 4.78 is 0. The van der Waals surface area contributed by atoms with E-state index in [0.717, 1.165) is 25.8 Å². The first kappa shape index (κ1) is 15.0. The summed E-state index contributed by atoms with van der Waals surface area (Å²) in [5.41, 5.74) is 8.16. The largest absolute Gasteiger partial charge is 0.393 e. The van der Waals surface area contributed by atoms with Crippen molar-refractivity contribution in [1.82, 2.24) is 4.90 Å². The van der Waals surface area contributed by atoms with Crippen molar-refractivity contribution in [3.63, 3.8) is 0 Å². The van der Waals surface area contributed by atoms with Crippen LogP contribution < -0.4 is 5.73 Å². The zero-order chi connectivity index (χ0) is 14.5. The molecule has 2 N–H and O–H groups in total. The highest BCUT2D eigenvalue weighted by atomic mass is 32.1. The van der Waals surface area contributed by atoms with E-state index in [9.17, 15) is 4.79 Å². The Labute approximate surface area is 126 Å². The molecule has 108 valence electrons. The quantitative estimate of drug-likeness (QED) is 0.866. The van der Waals surface area contributed by atoms with Crippen molar-refractivity contribution in [1.29, 1.82) is 0 Å². The number of carbonyl (C=O) groups excluding carboxylic acids is 1. The van der Waals surface area contributed by atoms with Crippen LogP contribution in [0.5, 0.6) is 0 Å². The lowest BCUT2D eigenvalue weighted by atomic mass is 9.97. The molecule has 3 nitrogen and oxygen atoms in total. The zero-order valence-electron chi connectivity index (χ0n) is 12.0. The van der Waals surface area contributed by atoms with Crippen LogP contribution in [0.3, 0.4) is 0 Å². The number of hydrogen-bond donors (Lipinski definition) is 1. The van der Waals surface area contributed by atoms with Crippen LogP contribution in [-0.4, -0.2) is 28.9 Å². The highest BCUT2D eigenvalue weighted by Crippen LogP contribution is 2.18. The first-order chi connectivity index (χ1) is 9.56. The van der Waals surface area contributed by atoms with Crippen LogP contribution in [0.1, 0.15) is 30.4 Å². The van der Waals surface area contributed by atoms with E-state index in [-0.39, 0.29) is 11.8 Å². The Hall–Kier alpha value is -1.42. The molecule has 1 amide bonds. The minimum absolute atomic E-state index is 0.196. The molecule has 1 fully saturated rings. The number of likely N-dealkylation sites (tertiary alicyclic amines) is 1. The van der Waals surface area contributed by atoms with Gasteiger partial charge in [-0.25, -0.2) is 0 Å². The molecule has 0 aromatic heterocycles. The third-order valence-electron chi connectivity index (χ3n) is 3.92. The second-order valence-electron chi connectivity index (χ2n) is 5.57. The van der Waals surface area contributed by atoms with Crippen LogP contribution in [0, 0.1) is 12.8 Å². The number of amides is 1. The average molecular weight is 290 g/mol. The van der Waals surface area contributed by atoms with Gasteiger partial charge in [0.05, 0.1) is 4.99 Å². The van der Waals surface area contributed by atoms with Crippen LogP contribution in [0.2, 0.25) is 0 Å². The van der Waals surface area contributed by atoms with Gasteiger partial charge < -0.3 is 10.6 Å². The van der Waals surface area contributed by atoms with Gasteiger partial charge in [-0.3, -0.25) is 4.79 Å². The summed E-state index contributed by atoms with van der Waals surface area (Å²) in [5, 5.41) is 0. The monoisotopic (exact) mass is 290 g/mol. The molecule has 0 spiro atoms. The summed E-state index contributed by atoms with van der Waals surface area (Å²) in [6.45, 7) is 3.60. The molecule has 4 heteroatoms. The maximum Gasteiger partial charge on any atom is 0.222 e. The number of benzene rings is 1. The van der Waals surface area contributed by atoms with Gasteiger partial charge in [-0.1, -0.05) is 42.0 Å². The van der Waals surface area contributed by atoms with Crippen LogP contribution >= 0.6 is 12.2 Å². The first-order valence-corrected chi connectivity index (χ1v) is 7.59. The summed E-state index contributed by atoms with van der Waals surface area (Å²) >= 11 is 5.05. The number of carbonyl (C=O) groups is 1. The van der Waals surface area contributed by atoms with Crippen molar-refractivity contribution >= 4 is 23.1 Å². The molecule has 0 saturated carbocycles. The summed E-state index contributed by atoms with van der Waals surface area (Å²) in [5.74, 6) is 0.411. The van der Waals surface area contributed by atoms with Gasteiger partial charge in [-0.05, 0) is 31.7 Å². The third kappa shape index (κ3) is 4.04. The molecule has 0 aliphatic carbocycles. The summed E-state index contributed by atoms with van der Waals surface area (Å²) in [4.78, 5) is 14.7. The molecule has 1 unspecified atom stereocenters. The molecular weight excluding hydrogens is 268 g/mol. The zero-order valence-corrected chi connectivity index (χ0v) is 12.8. The standard InChI is InChI=1S/C16H22N2OS/c1-12-4-6-13(7-5-12)8-9-15(19)18-10-2-3-14(11-18)16(17)20/h4-7,14H,2-3,8-11H2,1H3,(H2,17,20). The molecule has 20 heavy (non-hydrogen) atoms. The number of nitrogens with zero attached hydrogens (tertiary/aromatic N) is 1. The fourth-order valence-corrected chi connectivity index (χ4v) is 2.79. The minimum Gasteiger partial charge on any atom is -0.393 e. The number of piperidine rings is 1. The second kappa shape index (κ2) is 6.84. The number of thiocarbonyl (C=S) groups is 1. The Morgan fingerprint density at radius 2 is 2.10 bits per heavy atom. The van der Waals surface area contributed by atoms with E-state index < -0.39 is 0 Å². The van der Waals surface area contributed by atoms with E-state index in [1.807, 2.05) is 4.90 Å². The third-order valence-corrected chi connectivity index (χ3v) is 4.26. The van der Waals surface area contributed by atoms with E-state index in [4.69, 9.17) is 18.0 Å². The predicted molar refractivity (Wildman–Crippen MR) is 85.6 cm³/mol. The van der Waals surface area contributed by atoms with Crippen molar-refractivity contribution in [3.05, 3.63) is 35.4 Å². The molecule has 0 bridgehead atoms. The van der Waals surface area contributed by atoms with Crippen molar-refractivity contribution in [2.45, 2.75) is 32.6 Å². The lowest BCUT2D eigenvalue weighted by Crippen LogP contribution is -2.43. The molecule has 1 saturated heterocycles. The molecule has 1 aromatic rings. The Balaban J connectivity index is 1.85. The maximum absolute atomic E-state index is 12.2. The van der Waals surface area contributed by atoms with E-state index in [0.29, 0.717) is 18.0 Å². The molecule has 1 aliphatic heterocycles. The summed E-state index contributed by atoms with van der Waals surface area (Å²) in [7, 11) is 0. The second-order valence-corrected chi connectivity index (χ2v) is 6.04. The fourth-order valence-electron chi connectivity index (χ4n) is 2.60. The van der Waals surface area contributed by atoms with Crippen LogP contribution in [0.4, 0.5) is 0 Å². The molecule has 1 atom stereocenters. The summed E-state index contributed by atoms with van der Waals surface area (Å²) in [6.07, 6.45) is 3.37. The van der Waals surface area contributed by atoms with E-state index >= 15 is 0 Å². The highest BCUT2D eigenvalue weighted by molar-refractivity contribution is 7.80. The minimum atomic E-state index is 0.196. The van der Waals surface area contributed by atoms with Gasteiger partial charge in [0.15, 0.2) is 0 Å². The van der Waals surface area contributed by atoms with Crippen molar-refractivity contribution in [2.75, 3.05) is 13.1 Å². The van der Waals surface area contributed by atoms with Gasteiger partial charge in [0.1, 0.15) is 0 Å². The number of aryl methyl sites for hydroxylation is 2. The van der Waals surface area contributed by atoms with Crippen LogP contribution in [0.15, 0.2) is 24.3 Å². The molecule has 1 aromatic carbocycles. The smallest absolute Gasteiger partial charge is 0.222 e. The average Bonchev–Trinajstić information content (AvgIpc) is 2.46. The fraction of sp³-hybridized carbons (Fsp3) is 0.500. The normalized spacial score (nSPS) is 18.9. The van der Waals surface area contributed by atoms with Crippen molar-refractivity contribution < 1.29 is 4.79 Å². The van der Waals surface area contributed by atoms with Gasteiger partial charge in [-0.15, -0.1) is 0 Å². The van der Waals surface area contributed by atoms with Crippen molar-refractivity contribution in [3.8, 4) is 0 Å². The lowest BCUT2D eigenvalue weighted by Gasteiger charge is -2.32. The SMILES string of the molecule is Cc1ccc(CCC(=O)N2CCCC(C(N)=S)C2)cc1. The molecule has 0 radical (unpaired) electrons. The van der Waals surface area contributed by atoms with Crippen LogP contribution in [-0.2, 0) is 11.2 Å². The van der Waals surface area contributed by atoms with E-state index in [1.54, 1.807) is 0 Å². The predicted octanol–water partition coefficient (Wildman–Crippen LogP) is 2.45. The Kier molecular flexibility index (Phi) is 5.12. The van der Waals surface area contributed by atoms with E-state index in [1.165, 1.54) is 11.1 Å². The first-order valence-electron chi connectivity index (χ1n) is 7.19. The van der Waals surface area contributed by atoms with Crippen molar-refractivity contribution in [2.24, 2.45) is 11.7 Å². The van der Waals surface area contributed by atoms with Gasteiger partial charge in [-0.2, -0.15) is 0 Å². The molecule has 1 heterocycles. The Bertz CT molecular complexity index is 484. The van der Waals surface area contributed by atoms with Gasteiger partial charge in [0.25, 0.3) is 0 Å². The number of nitrogens with two attached hydrogens (primary N) is 1. The number of rotatable bonds is 4. The Morgan fingerprint density at radius 1 is 1.40 bits per heavy atom. The maximum atomic E-state index is 12.2. The van der Waals surface area contributed by atoms with Crippen LogP contribution in [0.25, 0.3) is 0 Å². The molecular formula is C16H22N2OS. The van der Waals surface area contributed by atoms with E-state index in [2.05, 4.69) is 31.2 Å². The number of hydrogen-bond acceptors (Lipinski definition) is 2. The lowest BCUT2D eigenvalue weighted by molar-refractivity contribution is -0.132. The topological polar surface area (TPSA) is 46.3 Å². The summed E-state index contributed by atoms with van der Waals surface area (Å²) in [6, 6.07) is 8.36. The Morgan fingerprint density at radius 3 is 2.75 bits per heavy atom. The molecule has 1 aliphatic rings. The van der Waals surface area contributed by atoms with Gasteiger partial charge in [0, 0.05) is 25.4 Å². The van der Waals surface area contributed by atoms with Gasteiger partial charge in [0.2, 0.25) is 5.91 Å². The van der Waals surface area contributed by atoms with Gasteiger partial charge >= 0.3 is 0 Å². The molecule has 2 rings (SSSR count). The highest BCUT2D eigenvalue weighted by Gasteiger charge is 2.24.